The van der Waals surface area contributed by atoms with Crippen LogP contribution in [0.2, 0.25) is 0 Å². The van der Waals surface area contributed by atoms with Crippen molar-refractivity contribution < 1.29 is 23.5 Å². The number of ether oxygens (including phenoxy) is 2. The molecule has 0 unspecified atom stereocenters. The van der Waals surface area contributed by atoms with E-state index in [1.54, 1.807) is 63.2 Å². The maximum Gasteiger partial charge on any atom is 0.415 e. The Kier molecular flexibility index (Phi) is 6.67. The van der Waals surface area contributed by atoms with Gasteiger partial charge >= 0.3 is 6.09 Å². The van der Waals surface area contributed by atoms with Crippen LogP contribution in [0.4, 0.5) is 43.7 Å². The molecule has 0 bridgehead atoms. The second-order valence-corrected chi connectivity index (χ2v) is 8.65. The van der Waals surface area contributed by atoms with E-state index in [0.29, 0.717) is 48.1 Å². The molecule has 2 amide bonds. The van der Waals surface area contributed by atoms with Crippen LogP contribution in [0.5, 0.6) is 5.75 Å². The van der Waals surface area contributed by atoms with Crippen molar-refractivity contribution in [1.82, 2.24) is 9.97 Å². The molecule has 1 aliphatic rings. The predicted molar refractivity (Wildman–Crippen MR) is 130 cm³/mol. The fourth-order valence-electron chi connectivity index (χ4n) is 3.34. The van der Waals surface area contributed by atoms with Crippen molar-refractivity contribution in [3.8, 4) is 5.75 Å². The number of fused-ring (bicyclic) bond motifs is 1. The molecule has 0 fully saturated rings. The minimum atomic E-state index is -0.653. The molecule has 35 heavy (non-hydrogen) atoms. The lowest BCUT2D eigenvalue weighted by atomic mass is 10.2. The highest BCUT2D eigenvalue weighted by atomic mass is 19.1. The predicted octanol–water partition coefficient (Wildman–Crippen LogP) is 4.81. The van der Waals surface area contributed by atoms with E-state index >= 15 is 0 Å². The molecular formula is C24H25FN6O4. The first kappa shape index (κ1) is 23.7. The minimum absolute atomic E-state index is 0.0533. The molecule has 4 rings (SSSR count). The summed E-state index contributed by atoms with van der Waals surface area (Å²) in [7, 11) is 0. The third-order valence-electron chi connectivity index (χ3n) is 4.79. The molecule has 3 aromatic rings. The highest BCUT2D eigenvalue weighted by Gasteiger charge is 2.28. The molecule has 0 aliphatic carbocycles. The van der Waals surface area contributed by atoms with Gasteiger partial charge in [-0.05, 0) is 57.2 Å². The van der Waals surface area contributed by atoms with Crippen LogP contribution in [0.1, 0.15) is 20.8 Å². The van der Waals surface area contributed by atoms with E-state index in [0.717, 1.165) is 6.20 Å². The summed E-state index contributed by atoms with van der Waals surface area (Å²) in [6.07, 6.45) is 1.12. The third kappa shape index (κ3) is 5.94. The summed E-state index contributed by atoms with van der Waals surface area (Å²) in [6, 6.07) is 11.9. The Morgan fingerprint density at radius 2 is 1.91 bits per heavy atom. The molecule has 2 aromatic carbocycles. The first-order valence-electron chi connectivity index (χ1n) is 10.9. The van der Waals surface area contributed by atoms with E-state index in [4.69, 9.17) is 9.47 Å². The SMILES string of the molecule is CC(C)(C)OC(=O)N1CCOc2ccc(Nc3ncc(F)c(Nc4cccc(NC=O)c4)n3)cc21. The van der Waals surface area contributed by atoms with Crippen LogP contribution >= 0.6 is 0 Å². The lowest BCUT2D eigenvalue weighted by Crippen LogP contribution is -2.41. The minimum Gasteiger partial charge on any atom is -0.490 e. The van der Waals surface area contributed by atoms with Gasteiger partial charge in [-0.25, -0.2) is 14.2 Å². The van der Waals surface area contributed by atoms with Gasteiger partial charge in [0.1, 0.15) is 18.0 Å². The van der Waals surface area contributed by atoms with Crippen LogP contribution in [-0.4, -0.2) is 41.2 Å². The average molecular weight is 481 g/mol. The Morgan fingerprint density at radius 1 is 1.14 bits per heavy atom. The first-order valence-corrected chi connectivity index (χ1v) is 10.9. The summed E-state index contributed by atoms with van der Waals surface area (Å²) >= 11 is 0. The Labute approximate surface area is 201 Å². The van der Waals surface area contributed by atoms with Crippen LogP contribution in [0.25, 0.3) is 0 Å². The summed E-state index contributed by atoms with van der Waals surface area (Å²) in [5.74, 6) is -0.0305. The summed E-state index contributed by atoms with van der Waals surface area (Å²) in [5.41, 5.74) is 1.54. The van der Waals surface area contributed by atoms with Crippen molar-refractivity contribution in [1.29, 1.82) is 0 Å². The van der Waals surface area contributed by atoms with Crippen LogP contribution in [0.3, 0.4) is 0 Å². The number of hydrogen-bond donors (Lipinski definition) is 3. The summed E-state index contributed by atoms with van der Waals surface area (Å²) in [4.78, 5) is 33.1. The standard InChI is InChI=1S/C24H25FN6O4/c1-24(2,3)35-23(33)31-9-10-34-20-8-7-17(12-19(20)31)29-22-26-13-18(25)21(30-22)28-16-6-4-5-15(11-16)27-14-32/h4-8,11-14H,9-10H2,1-3H3,(H,27,32)(H2,26,28,29,30). The van der Waals surface area contributed by atoms with Crippen molar-refractivity contribution in [3.05, 3.63) is 54.5 Å². The lowest BCUT2D eigenvalue weighted by Gasteiger charge is -2.31. The number of nitrogens with zero attached hydrogens (tertiary/aromatic N) is 3. The van der Waals surface area contributed by atoms with E-state index in [1.165, 1.54) is 4.90 Å². The number of carbonyl (C=O) groups excluding carboxylic acids is 2. The average Bonchev–Trinajstić information content (AvgIpc) is 2.80. The van der Waals surface area contributed by atoms with Gasteiger partial charge in [0.2, 0.25) is 12.4 Å². The highest BCUT2D eigenvalue weighted by Crippen LogP contribution is 2.35. The zero-order chi connectivity index (χ0) is 25.0. The van der Waals surface area contributed by atoms with Crippen molar-refractivity contribution >= 4 is 47.0 Å². The zero-order valence-electron chi connectivity index (χ0n) is 19.5. The van der Waals surface area contributed by atoms with Gasteiger partial charge in [0.15, 0.2) is 11.6 Å². The Morgan fingerprint density at radius 3 is 2.69 bits per heavy atom. The molecule has 1 aliphatic heterocycles. The fraction of sp³-hybridized carbons (Fsp3) is 0.250. The summed E-state index contributed by atoms with van der Waals surface area (Å²) in [5, 5.41) is 8.44. The van der Waals surface area contributed by atoms with Crippen LogP contribution in [-0.2, 0) is 9.53 Å². The second kappa shape index (κ2) is 9.84. The van der Waals surface area contributed by atoms with Crippen molar-refractivity contribution in [2.45, 2.75) is 26.4 Å². The maximum absolute atomic E-state index is 14.4. The van der Waals surface area contributed by atoms with Gasteiger partial charge in [-0.3, -0.25) is 9.69 Å². The van der Waals surface area contributed by atoms with Gasteiger partial charge in [0.05, 0.1) is 18.4 Å². The highest BCUT2D eigenvalue weighted by molar-refractivity contribution is 5.91. The van der Waals surface area contributed by atoms with Gasteiger partial charge in [-0.1, -0.05) is 6.07 Å². The quantitative estimate of drug-likeness (QED) is 0.431. The monoisotopic (exact) mass is 480 g/mol. The first-order chi connectivity index (χ1) is 16.7. The van der Waals surface area contributed by atoms with Crippen molar-refractivity contribution in [3.63, 3.8) is 0 Å². The molecule has 11 heteroatoms. The van der Waals surface area contributed by atoms with E-state index in [9.17, 15) is 14.0 Å². The summed E-state index contributed by atoms with van der Waals surface area (Å²) in [6.45, 7) is 6.09. The van der Waals surface area contributed by atoms with Crippen LogP contribution < -0.4 is 25.6 Å². The summed E-state index contributed by atoms with van der Waals surface area (Å²) < 4.78 is 25.6. The molecule has 3 N–H and O–H groups in total. The van der Waals surface area contributed by atoms with Gasteiger partial charge < -0.3 is 25.4 Å². The smallest absolute Gasteiger partial charge is 0.415 e. The molecule has 0 saturated carbocycles. The number of aromatic nitrogens is 2. The molecule has 0 spiro atoms. The van der Waals surface area contributed by atoms with E-state index in [2.05, 4.69) is 25.9 Å². The maximum atomic E-state index is 14.4. The number of rotatable bonds is 6. The molecule has 182 valence electrons. The van der Waals surface area contributed by atoms with Crippen LogP contribution in [0.15, 0.2) is 48.7 Å². The molecule has 1 aromatic heterocycles. The lowest BCUT2D eigenvalue weighted by molar-refractivity contribution is -0.105. The van der Waals surface area contributed by atoms with Gasteiger partial charge in [0.25, 0.3) is 0 Å². The van der Waals surface area contributed by atoms with Crippen molar-refractivity contribution in [2.24, 2.45) is 0 Å². The largest absolute Gasteiger partial charge is 0.490 e. The van der Waals surface area contributed by atoms with E-state index < -0.39 is 17.5 Å². The number of benzene rings is 2. The molecule has 0 atom stereocenters. The normalized spacial score (nSPS) is 12.7. The van der Waals surface area contributed by atoms with E-state index in [-0.39, 0.29) is 11.8 Å². The van der Waals surface area contributed by atoms with E-state index in [1.807, 2.05) is 0 Å². The molecular weight excluding hydrogens is 455 g/mol. The second-order valence-electron chi connectivity index (χ2n) is 8.65. The molecule has 10 nitrogen and oxygen atoms in total. The number of amides is 2. The molecule has 0 radical (unpaired) electrons. The molecule has 0 saturated heterocycles. The number of halogens is 1. The van der Waals surface area contributed by atoms with Gasteiger partial charge in [-0.2, -0.15) is 4.98 Å². The van der Waals surface area contributed by atoms with Gasteiger partial charge in [0, 0.05) is 17.1 Å². The van der Waals surface area contributed by atoms with Crippen molar-refractivity contribution in [2.75, 3.05) is 34.0 Å². The number of nitrogens with one attached hydrogen (secondary N) is 3. The Balaban J connectivity index is 1.55. The Bertz CT molecular complexity index is 1250. The Hall–Kier alpha value is -4.41. The fourth-order valence-corrected chi connectivity index (χ4v) is 3.34. The van der Waals surface area contributed by atoms with Gasteiger partial charge in [-0.15, -0.1) is 0 Å². The van der Waals surface area contributed by atoms with Crippen LogP contribution in [0, 0.1) is 5.82 Å². The third-order valence-corrected chi connectivity index (χ3v) is 4.79. The molecule has 2 heterocycles. The zero-order valence-corrected chi connectivity index (χ0v) is 19.5. The number of anilines is 6. The number of hydrogen-bond acceptors (Lipinski definition) is 8. The number of carbonyl (C=O) groups is 2. The topological polar surface area (TPSA) is 118 Å².